The monoisotopic (exact) mass is 602 g/mol. The number of hydrogen-bond donors (Lipinski definition) is 3. The molecule has 2 aromatic heterocycles. The average Bonchev–Trinajstić information content (AvgIpc) is 3.33. The van der Waals surface area contributed by atoms with Gasteiger partial charge in [-0.1, -0.05) is 78.3 Å². The summed E-state index contributed by atoms with van der Waals surface area (Å²) in [6, 6.07) is 29.5. The van der Waals surface area contributed by atoms with Gasteiger partial charge in [-0.15, -0.1) is 0 Å². The lowest BCUT2D eigenvalue weighted by molar-refractivity contribution is -0.137. The molecule has 3 N–H and O–H groups in total. The van der Waals surface area contributed by atoms with E-state index in [2.05, 4.69) is 64.1 Å². The summed E-state index contributed by atoms with van der Waals surface area (Å²) >= 11 is 6.26. The number of rotatable bonds is 13. The van der Waals surface area contributed by atoms with Crippen molar-refractivity contribution in [1.82, 2.24) is 20.2 Å². The van der Waals surface area contributed by atoms with E-state index in [4.69, 9.17) is 25.9 Å². The number of aromatic nitrogens is 2. The fourth-order valence-electron chi connectivity index (χ4n) is 4.28. The van der Waals surface area contributed by atoms with Crippen molar-refractivity contribution >= 4 is 28.7 Å². The molecule has 0 unspecified atom stereocenters. The van der Waals surface area contributed by atoms with Crippen LogP contribution in [0.25, 0.3) is 11.1 Å². The Morgan fingerprint density at radius 3 is 2.12 bits per heavy atom. The topological polar surface area (TPSA) is 119 Å². The molecular formula is C33H35ClN4O5. The summed E-state index contributed by atoms with van der Waals surface area (Å²) in [6.07, 6.45) is 1.12. The summed E-state index contributed by atoms with van der Waals surface area (Å²) in [6.45, 7) is 5.68. The molecule has 0 radical (unpaired) electrons. The molecule has 5 rings (SSSR count). The molecule has 0 aliphatic heterocycles. The molecule has 0 aliphatic carbocycles. The van der Waals surface area contributed by atoms with Crippen molar-refractivity contribution in [1.29, 1.82) is 0 Å². The molecule has 0 saturated heterocycles. The Morgan fingerprint density at radius 1 is 0.953 bits per heavy atom. The molecule has 0 aliphatic rings. The van der Waals surface area contributed by atoms with Crippen molar-refractivity contribution in [3.8, 4) is 5.75 Å². The van der Waals surface area contributed by atoms with Crippen LogP contribution in [0.3, 0.4) is 0 Å². The molecule has 1 atom stereocenters. The smallest absolute Gasteiger partial charge is 0.419 e. The van der Waals surface area contributed by atoms with Crippen LogP contribution in [0.5, 0.6) is 5.75 Å². The predicted octanol–water partition coefficient (Wildman–Crippen LogP) is 5.82. The fourth-order valence-corrected chi connectivity index (χ4v) is 4.48. The van der Waals surface area contributed by atoms with Crippen molar-refractivity contribution in [3.05, 3.63) is 130 Å². The van der Waals surface area contributed by atoms with E-state index < -0.39 is 11.7 Å². The molecule has 0 saturated carbocycles. The lowest BCUT2D eigenvalue weighted by atomic mass is 10.2. The minimum Gasteiger partial charge on any atom is -0.483 e. The van der Waals surface area contributed by atoms with Gasteiger partial charge in [-0.2, -0.15) is 0 Å². The number of halogens is 1. The third-order valence-electron chi connectivity index (χ3n) is 6.50. The van der Waals surface area contributed by atoms with Crippen molar-refractivity contribution in [3.63, 3.8) is 0 Å². The van der Waals surface area contributed by atoms with Gasteiger partial charge in [0, 0.05) is 45.0 Å². The summed E-state index contributed by atoms with van der Waals surface area (Å²) in [5.74, 6) is -1.29. The summed E-state index contributed by atoms with van der Waals surface area (Å²) in [5, 5.41) is 15.9. The number of hydrogen-bond acceptors (Lipinski definition) is 7. The van der Waals surface area contributed by atoms with Gasteiger partial charge in [-0.25, -0.2) is 4.79 Å². The van der Waals surface area contributed by atoms with E-state index in [9.17, 15) is 9.59 Å². The van der Waals surface area contributed by atoms with Gasteiger partial charge in [0.25, 0.3) is 0 Å². The Hall–Kier alpha value is -4.44. The molecule has 0 bridgehead atoms. The second-order valence-corrected chi connectivity index (χ2v) is 10.2. The predicted molar refractivity (Wildman–Crippen MR) is 167 cm³/mol. The molecule has 0 fully saturated rings. The van der Waals surface area contributed by atoms with Gasteiger partial charge in [0.15, 0.2) is 5.58 Å². The van der Waals surface area contributed by atoms with E-state index in [0.717, 1.165) is 31.9 Å². The minimum atomic E-state index is -1.00. The molecule has 0 spiro atoms. The number of carbonyl (C=O) groups is 1. The zero-order valence-corrected chi connectivity index (χ0v) is 24.7. The SMILES string of the molecule is C[C@@H](Oc1cc2oc(=O)n(CCC(=O)O)c2cc1Cl)c1ccccn1.c1ccc(CNCCNCc2ccccc2)cc1. The lowest BCUT2D eigenvalue weighted by Crippen LogP contribution is -2.26. The number of carboxylic acid groups (broad SMARTS) is 1. The van der Waals surface area contributed by atoms with Gasteiger partial charge >= 0.3 is 11.7 Å². The number of ether oxygens (including phenoxy) is 1. The Labute approximate surface area is 255 Å². The van der Waals surface area contributed by atoms with E-state index in [0.29, 0.717) is 16.3 Å². The highest BCUT2D eigenvalue weighted by Gasteiger charge is 2.17. The molecule has 9 nitrogen and oxygen atoms in total. The number of pyridine rings is 1. The second kappa shape index (κ2) is 16.3. The van der Waals surface area contributed by atoms with Crippen molar-refractivity contribution in [2.45, 2.75) is 39.1 Å². The van der Waals surface area contributed by atoms with Crippen LogP contribution in [0, 0.1) is 0 Å². The first-order chi connectivity index (χ1) is 20.9. The van der Waals surface area contributed by atoms with E-state index in [1.807, 2.05) is 37.3 Å². The van der Waals surface area contributed by atoms with E-state index in [1.165, 1.54) is 27.8 Å². The summed E-state index contributed by atoms with van der Waals surface area (Å²) < 4.78 is 12.2. The number of nitrogens with one attached hydrogen (secondary N) is 2. The Bertz CT molecular complexity index is 1580. The largest absolute Gasteiger partial charge is 0.483 e. The van der Waals surface area contributed by atoms with E-state index >= 15 is 0 Å². The molecule has 5 aromatic rings. The van der Waals surface area contributed by atoms with Crippen LogP contribution in [0.15, 0.2) is 106 Å². The first kappa shape index (κ1) is 31.5. The number of nitrogens with zero attached hydrogens (tertiary/aromatic N) is 2. The normalized spacial score (nSPS) is 11.5. The Morgan fingerprint density at radius 2 is 1.56 bits per heavy atom. The standard InChI is InChI=1S/C17H15ClN2O5.C16H20N2/c1-10(12-4-2-3-6-19-12)24-14-9-15-13(8-11(14)18)20(17(23)25-15)7-5-16(21)22;1-3-7-15(8-4-1)13-17-11-12-18-14-16-9-5-2-6-10-16/h2-4,6,8-10H,5,7H2,1H3,(H,21,22);1-10,17-18H,11-14H2/t10-;/m1./s1. The summed E-state index contributed by atoms with van der Waals surface area (Å²) in [4.78, 5) is 26.9. The zero-order chi connectivity index (χ0) is 30.4. The average molecular weight is 603 g/mol. The van der Waals surface area contributed by atoms with Gasteiger partial charge in [-0.05, 0) is 36.2 Å². The van der Waals surface area contributed by atoms with Crippen molar-refractivity contribution in [2.24, 2.45) is 0 Å². The van der Waals surface area contributed by atoms with Gasteiger partial charge < -0.3 is 24.9 Å². The fraction of sp³-hybridized carbons (Fsp3) is 0.242. The number of fused-ring (bicyclic) bond motifs is 1. The summed E-state index contributed by atoms with van der Waals surface area (Å²) in [7, 11) is 0. The Balaban J connectivity index is 0.000000208. The molecule has 0 amide bonds. The number of aryl methyl sites for hydroxylation is 1. The van der Waals surface area contributed by atoms with E-state index in [1.54, 1.807) is 6.20 Å². The first-order valence-electron chi connectivity index (χ1n) is 14.0. The molecule has 2 heterocycles. The van der Waals surface area contributed by atoms with Crippen LogP contribution in [-0.2, 0) is 24.4 Å². The number of aliphatic carboxylic acids is 1. The number of oxazole rings is 1. The van der Waals surface area contributed by atoms with Crippen LogP contribution < -0.4 is 21.1 Å². The third-order valence-corrected chi connectivity index (χ3v) is 6.80. The maximum absolute atomic E-state index is 11.9. The van der Waals surface area contributed by atoms with Gasteiger partial charge in [0.2, 0.25) is 0 Å². The molecular weight excluding hydrogens is 568 g/mol. The van der Waals surface area contributed by atoms with Crippen LogP contribution in [-0.4, -0.2) is 33.7 Å². The van der Waals surface area contributed by atoms with Crippen LogP contribution >= 0.6 is 11.6 Å². The molecule has 3 aromatic carbocycles. The van der Waals surface area contributed by atoms with Gasteiger partial charge in [0.1, 0.15) is 11.9 Å². The molecule has 10 heteroatoms. The van der Waals surface area contributed by atoms with Crippen molar-refractivity contribution in [2.75, 3.05) is 13.1 Å². The van der Waals surface area contributed by atoms with Crippen LogP contribution in [0.4, 0.5) is 0 Å². The van der Waals surface area contributed by atoms with Crippen LogP contribution in [0.1, 0.15) is 36.3 Å². The number of carboxylic acids is 1. The summed E-state index contributed by atoms with van der Waals surface area (Å²) in [5.41, 5.74) is 4.11. The van der Waals surface area contributed by atoms with E-state index in [-0.39, 0.29) is 24.7 Å². The maximum atomic E-state index is 11.9. The molecule has 43 heavy (non-hydrogen) atoms. The Kier molecular flexibility index (Phi) is 11.9. The quantitative estimate of drug-likeness (QED) is 0.144. The lowest BCUT2D eigenvalue weighted by Gasteiger charge is -2.15. The van der Waals surface area contributed by atoms with Gasteiger partial charge in [0.05, 0.1) is 22.7 Å². The van der Waals surface area contributed by atoms with Crippen LogP contribution in [0.2, 0.25) is 5.02 Å². The highest BCUT2D eigenvalue weighted by atomic mass is 35.5. The zero-order valence-electron chi connectivity index (χ0n) is 23.9. The minimum absolute atomic E-state index is 0.00202. The number of benzene rings is 3. The maximum Gasteiger partial charge on any atom is 0.419 e. The highest BCUT2D eigenvalue weighted by Crippen LogP contribution is 2.32. The first-order valence-corrected chi connectivity index (χ1v) is 14.4. The van der Waals surface area contributed by atoms with Crippen molar-refractivity contribution < 1.29 is 19.1 Å². The second-order valence-electron chi connectivity index (χ2n) is 9.75. The molecule has 224 valence electrons. The highest BCUT2D eigenvalue weighted by molar-refractivity contribution is 6.32. The third kappa shape index (κ3) is 9.82. The van der Waals surface area contributed by atoms with Gasteiger partial charge in [-0.3, -0.25) is 14.3 Å².